The number of aromatic nitrogens is 3. The van der Waals surface area contributed by atoms with Gasteiger partial charge in [-0.2, -0.15) is 5.10 Å². The van der Waals surface area contributed by atoms with Gasteiger partial charge in [0.05, 0.1) is 12.2 Å². The molecule has 2 heterocycles. The summed E-state index contributed by atoms with van der Waals surface area (Å²) < 4.78 is 5.22. The third-order valence-corrected chi connectivity index (χ3v) is 2.76. The average molecular weight is 273 g/mol. The van der Waals surface area contributed by atoms with Gasteiger partial charge in [-0.25, -0.2) is 4.98 Å². The van der Waals surface area contributed by atoms with Gasteiger partial charge in [0, 0.05) is 5.56 Å². The normalized spacial score (nSPS) is 13.1. The summed E-state index contributed by atoms with van der Waals surface area (Å²) in [4.78, 5) is 27.1. The van der Waals surface area contributed by atoms with Crippen molar-refractivity contribution in [1.82, 2.24) is 20.5 Å². The van der Waals surface area contributed by atoms with Gasteiger partial charge in [0.15, 0.2) is 6.61 Å². The molecule has 0 fully saturated rings. The fraction of sp³-hybridized carbons (Fsp3) is 0.167. The van der Waals surface area contributed by atoms with E-state index in [1.165, 1.54) is 6.33 Å². The fourth-order valence-corrected chi connectivity index (χ4v) is 1.81. The Morgan fingerprint density at radius 1 is 1.45 bits per heavy atom. The summed E-state index contributed by atoms with van der Waals surface area (Å²) in [5, 5.41) is 11.7. The van der Waals surface area contributed by atoms with Gasteiger partial charge in [0.1, 0.15) is 17.9 Å². The highest BCUT2D eigenvalue weighted by atomic mass is 16.5. The maximum absolute atomic E-state index is 12.0. The van der Waals surface area contributed by atoms with E-state index in [9.17, 15) is 9.59 Å². The van der Waals surface area contributed by atoms with Gasteiger partial charge in [-0.3, -0.25) is 14.7 Å². The first-order valence-electron chi connectivity index (χ1n) is 5.91. The van der Waals surface area contributed by atoms with E-state index in [4.69, 9.17) is 4.74 Å². The lowest BCUT2D eigenvalue weighted by molar-refractivity contribution is -0.118. The Bertz CT molecular complexity index is 653. The largest absolute Gasteiger partial charge is 0.482 e. The summed E-state index contributed by atoms with van der Waals surface area (Å²) in [6, 6.07) is 4.85. The lowest BCUT2D eigenvalue weighted by Crippen LogP contribution is -2.27. The molecular formula is C12H11N5O3. The molecular weight excluding hydrogens is 262 g/mol. The van der Waals surface area contributed by atoms with Crippen LogP contribution in [0.5, 0.6) is 5.75 Å². The number of hydrogen-bond donors (Lipinski definition) is 3. The van der Waals surface area contributed by atoms with Crippen LogP contribution in [0.15, 0.2) is 24.5 Å². The smallest absolute Gasteiger partial charge is 0.262 e. The predicted molar refractivity (Wildman–Crippen MR) is 68.1 cm³/mol. The number of anilines is 1. The summed E-state index contributed by atoms with van der Waals surface area (Å²) in [5.41, 5.74) is 0.919. The second kappa shape index (κ2) is 5.00. The minimum Gasteiger partial charge on any atom is -0.482 e. The van der Waals surface area contributed by atoms with Crippen molar-refractivity contribution in [3.63, 3.8) is 0 Å². The van der Waals surface area contributed by atoms with Crippen molar-refractivity contribution in [2.75, 3.05) is 11.9 Å². The number of fused-ring (bicyclic) bond motifs is 1. The fourth-order valence-electron chi connectivity index (χ4n) is 1.81. The number of hydrogen-bond acceptors (Lipinski definition) is 5. The van der Waals surface area contributed by atoms with Crippen LogP contribution in [-0.2, 0) is 11.3 Å². The second-order valence-corrected chi connectivity index (χ2v) is 4.16. The zero-order valence-electron chi connectivity index (χ0n) is 10.3. The van der Waals surface area contributed by atoms with Crippen LogP contribution in [0.2, 0.25) is 0 Å². The quantitative estimate of drug-likeness (QED) is 0.733. The van der Waals surface area contributed by atoms with Crippen LogP contribution in [0.25, 0.3) is 0 Å². The van der Waals surface area contributed by atoms with E-state index in [0.29, 0.717) is 22.8 Å². The van der Waals surface area contributed by atoms with E-state index in [0.717, 1.165) is 0 Å². The molecule has 1 aliphatic rings. The molecule has 0 radical (unpaired) electrons. The summed E-state index contributed by atoms with van der Waals surface area (Å²) in [5.74, 6) is 0.602. The van der Waals surface area contributed by atoms with Crippen LogP contribution in [-0.4, -0.2) is 33.6 Å². The molecule has 2 amide bonds. The molecule has 0 saturated carbocycles. The first kappa shape index (κ1) is 12.2. The third-order valence-electron chi connectivity index (χ3n) is 2.76. The number of nitrogens with one attached hydrogen (secondary N) is 3. The number of aromatic amines is 1. The van der Waals surface area contributed by atoms with Crippen LogP contribution in [0, 0.1) is 0 Å². The predicted octanol–water partition coefficient (Wildman–Crippen LogP) is 0.0656. The third kappa shape index (κ3) is 2.44. The van der Waals surface area contributed by atoms with Crippen molar-refractivity contribution in [3.8, 4) is 5.75 Å². The van der Waals surface area contributed by atoms with Gasteiger partial charge in [-0.15, -0.1) is 0 Å². The number of H-pyrrole nitrogens is 1. The highest BCUT2D eigenvalue weighted by Crippen LogP contribution is 2.28. The monoisotopic (exact) mass is 273 g/mol. The standard InChI is InChI=1S/C12H11N5O3/c18-11-5-20-9-2-1-7(3-8(9)16-11)12(19)13-4-10-14-6-15-17-10/h1-3,6H,4-5H2,(H,13,19)(H,16,18)(H,14,15,17). The van der Waals surface area contributed by atoms with Gasteiger partial charge in [-0.05, 0) is 18.2 Å². The number of carbonyl (C=O) groups excluding carboxylic acids is 2. The van der Waals surface area contributed by atoms with Crippen LogP contribution in [0.3, 0.4) is 0 Å². The topological polar surface area (TPSA) is 109 Å². The molecule has 0 unspecified atom stereocenters. The molecule has 3 rings (SSSR count). The highest BCUT2D eigenvalue weighted by molar-refractivity contribution is 5.99. The zero-order chi connectivity index (χ0) is 13.9. The van der Waals surface area contributed by atoms with Gasteiger partial charge in [0.25, 0.3) is 11.8 Å². The van der Waals surface area contributed by atoms with Crippen molar-refractivity contribution in [1.29, 1.82) is 0 Å². The van der Waals surface area contributed by atoms with E-state index in [1.807, 2.05) is 0 Å². The van der Waals surface area contributed by atoms with Gasteiger partial charge in [0.2, 0.25) is 0 Å². The zero-order valence-corrected chi connectivity index (χ0v) is 10.3. The van der Waals surface area contributed by atoms with Crippen molar-refractivity contribution >= 4 is 17.5 Å². The molecule has 1 aromatic carbocycles. The molecule has 0 bridgehead atoms. The number of ether oxygens (including phenoxy) is 1. The van der Waals surface area contributed by atoms with Gasteiger partial charge in [-0.1, -0.05) is 0 Å². The maximum Gasteiger partial charge on any atom is 0.262 e. The van der Waals surface area contributed by atoms with Gasteiger partial charge < -0.3 is 15.4 Å². The van der Waals surface area contributed by atoms with Gasteiger partial charge >= 0.3 is 0 Å². The Morgan fingerprint density at radius 3 is 3.15 bits per heavy atom. The molecule has 0 spiro atoms. The maximum atomic E-state index is 12.0. The molecule has 0 aliphatic carbocycles. The van der Waals surface area contributed by atoms with Crippen molar-refractivity contribution in [2.24, 2.45) is 0 Å². The van der Waals surface area contributed by atoms with E-state index < -0.39 is 0 Å². The summed E-state index contributed by atoms with van der Waals surface area (Å²) >= 11 is 0. The van der Waals surface area contributed by atoms with Crippen molar-refractivity contribution in [3.05, 3.63) is 35.9 Å². The molecule has 1 aromatic heterocycles. The Labute approximate surface area is 113 Å². The molecule has 1 aliphatic heterocycles. The summed E-state index contributed by atoms with van der Waals surface area (Å²) in [6.07, 6.45) is 1.37. The Morgan fingerprint density at radius 2 is 2.35 bits per heavy atom. The minimum absolute atomic E-state index is 0.00988. The van der Waals surface area contributed by atoms with Crippen LogP contribution in [0.1, 0.15) is 16.2 Å². The van der Waals surface area contributed by atoms with Crippen LogP contribution >= 0.6 is 0 Å². The molecule has 3 N–H and O–H groups in total. The molecule has 0 atom stereocenters. The van der Waals surface area contributed by atoms with E-state index in [2.05, 4.69) is 25.8 Å². The lowest BCUT2D eigenvalue weighted by atomic mass is 10.1. The number of amides is 2. The first-order chi connectivity index (χ1) is 9.72. The lowest BCUT2D eigenvalue weighted by Gasteiger charge is -2.18. The molecule has 20 heavy (non-hydrogen) atoms. The SMILES string of the molecule is O=C1COc2ccc(C(=O)NCc3ncn[nH]3)cc2N1. The molecule has 8 heteroatoms. The van der Waals surface area contributed by atoms with E-state index in [-0.39, 0.29) is 25.0 Å². The number of rotatable bonds is 3. The molecule has 0 saturated heterocycles. The van der Waals surface area contributed by atoms with Crippen molar-refractivity contribution < 1.29 is 14.3 Å². The highest BCUT2D eigenvalue weighted by Gasteiger charge is 2.17. The molecule has 8 nitrogen and oxygen atoms in total. The Balaban J connectivity index is 1.72. The first-order valence-corrected chi connectivity index (χ1v) is 5.91. The average Bonchev–Trinajstić information content (AvgIpc) is 2.97. The minimum atomic E-state index is -0.274. The van der Waals surface area contributed by atoms with E-state index in [1.54, 1.807) is 18.2 Å². The van der Waals surface area contributed by atoms with Crippen LogP contribution < -0.4 is 15.4 Å². The molecule has 102 valence electrons. The molecule has 2 aromatic rings. The number of carbonyl (C=O) groups is 2. The Kier molecular flexibility index (Phi) is 3.04. The second-order valence-electron chi connectivity index (χ2n) is 4.16. The number of nitrogens with zero attached hydrogens (tertiary/aromatic N) is 2. The summed E-state index contributed by atoms with van der Waals surface area (Å²) in [7, 11) is 0. The van der Waals surface area contributed by atoms with E-state index >= 15 is 0 Å². The Hall–Kier alpha value is -2.90. The summed E-state index contributed by atoms with van der Waals surface area (Å²) in [6.45, 7) is 0.239. The van der Waals surface area contributed by atoms with Crippen LogP contribution in [0.4, 0.5) is 5.69 Å². The van der Waals surface area contributed by atoms with Crippen molar-refractivity contribution in [2.45, 2.75) is 6.54 Å². The number of benzene rings is 1.